The van der Waals surface area contributed by atoms with Gasteiger partial charge in [-0.1, -0.05) is 13.8 Å². The summed E-state index contributed by atoms with van der Waals surface area (Å²) in [4.78, 5) is 12.1. The van der Waals surface area contributed by atoms with Crippen LogP contribution in [0.3, 0.4) is 0 Å². The van der Waals surface area contributed by atoms with Crippen LogP contribution < -0.4 is 5.32 Å². The summed E-state index contributed by atoms with van der Waals surface area (Å²) < 4.78 is 1.76. The summed E-state index contributed by atoms with van der Waals surface area (Å²) in [5.74, 6) is 0.214. The second kappa shape index (κ2) is 7.04. The average Bonchev–Trinajstić information content (AvgIpc) is 2.27. The van der Waals surface area contributed by atoms with Gasteiger partial charge in [-0.15, -0.1) is 0 Å². The first kappa shape index (κ1) is 16.9. The normalized spacial score (nSPS) is 14.3. The van der Waals surface area contributed by atoms with Crippen LogP contribution in [-0.4, -0.2) is 23.2 Å². The van der Waals surface area contributed by atoms with E-state index in [1.54, 1.807) is 6.92 Å². The first-order chi connectivity index (χ1) is 8.71. The number of benzene rings is 1. The Hall–Kier alpha value is -0.140. The highest BCUT2D eigenvalue weighted by Crippen LogP contribution is 2.20. The summed E-state index contributed by atoms with van der Waals surface area (Å²) in [7, 11) is 0. The summed E-state index contributed by atoms with van der Waals surface area (Å²) >= 11 is 5.53. The maximum atomic E-state index is 12.1. The maximum absolute atomic E-state index is 12.1. The van der Waals surface area contributed by atoms with Gasteiger partial charge in [0, 0.05) is 14.6 Å². The number of aliphatic hydroxyl groups is 1. The molecule has 1 unspecified atom stereocenters. The van der Waals surface area contributed by atoms with Crippen molar-refractivity contribution in [3.63, 3.8) is 0 Å². The van der Waals surface area contributed by atoms with Crippen LogP contribution in [-0.2, 0) is 0 Å². The molecule has 0 saturated carbocycles. The molecule has 0 fully saturated rings. The van der Waals surface area contributed by atoms with Gasteiger partial charge in [0.25, 0.3) is 5.91 Å². The highest BCUT2D eigenvalue weighted by Gasteiger charge is 2.23. The van der Waals surface area contributed by atoms with E-state index in [4.69, 9.17) is 0 Å². The smallest absolute Gasteiger partial charge is 0.252 e. The largest absolute Gasteiger partial charge is 0.388 e. The Morgan fingerprint density at radius 1 is 1.53 bits per heavy atom. The summed E-state index contributed by atoms with van der Waals surface area (Å²) in [6.07, 6.45) is 0.654. The lowest BCUT2D eigenvalue weighted by atomic mass is 9.94. The van der Waals surface area contributed by atoms with E-state index in [1.807, 2.05) is 32.0 Å². The van der Waals surface area contributed by atoms with E-state index in [0.29, 0.717) is 17.9 Å². The molecule has 0 aliphatic rings. The van der Waals surface area contributed by atoms with Crippen LogP contribution >= 0.6 is 38.5 Å². The highest BCUT2D eigenvalue weighted by molar-refractivity contribution is 14.1. The van der Waals surface area contributed by atoms with Crippen LogP contribution in [0, 0.1) is 9.49 Å². The molecule has 1 aromatic carbocycles. The molecule has 0 spiro atoms. The molecular weight excluding hydrogens is 421 g/mol. The third-order valence-electron chi connectivity index (χ3n) is 2.65. The van der Waals surface area contributed by atoms with E-state index in [9.17, 15) is 9.90 Å². The Kier molecular flexibility index (Phi) is 6.26. The van der Waals surface area contributed by atoms with Crippen molar-refractivity contribution < 1.29 is 9.90 Å². The fourth-order valence-electron chi connectivity index (χ4n) is 1.99. The van der Waals surface area contributed by atoms with Crippen molar-refractivity contribution in [2.45, 2.75) is 32.8 Å². The van der Waals surface area contributed by atoms with Crippen LogP contribution in [0.2, 0.25) is 0 Å². The molecule has 106 valence electrons. The summed E-state index contributed by atoms with van der Waals surface area (Å²) in [5, 5.41) is 13.0. The molecule has 0 bridgehead atoms. The molecule has 1 aromatic rings. The monoisotopic (exact) mass is 439 g/mol. The lowest BCUT2D eigenvalue weighted by molar-refractivity contribution is 0.0368. The van der Waals surface area contributed by atoms with Gasteiger partial charge in [-0.2, -0.15) is 0 Å². The zero-order chi connectivity index (χ0) is 14.6. The minimum atomic E-state index is -0.877. The molecule has 0 aromatic heterocycles. The number of halogens is 2. The second-order valence-corrected chi connectivity index (χ2v) is 7.50. The van der Waals surface area contributed by atoms with Crippen molar-refractivity contribution in [1.29, 1.82) is 0 Å². The molecule has 1 amide bonds. The van der Waals surface area contributed by atoms with Gasteiger partial charge in [0.1, 0.15) is 0 Å². The summed E-state index contributed by atoms with van der Waals surface area (Å²) in [6.45, 7) is 6.10. The van der Waals surface area contributed by atoms with Gasteiger partial charge >= 0.3 is 0 Å². The minimum absolute atomic E-state index is 0.172. The Morgan fingerprint density at radius 2 is 2.16 bits per heavy atom. The van der Waals surface area contributed by atoms with Crippen LogP contribution in [0.15, 0.2) is 22.7 Å². The van der Waals surface area contributed by atoms with Gasteiger partial charge in [-0.3, -0.25) is 4.79 Å². The first-order valence-electron chi connectivity index (χ1n) is 6.17. The molecule has 0 heterocycles. The van der Waals surface area contributed by atoms with E-state index in [2.05, 4.69) is 43.8 Å². The van der Waals surface area contributed by atoms with Crippen molar-refractivity contribution in [2.24, 2.45) is 5.92 Å². The van der Waals surface area contributed by atoms with Gasteiger partial charge in [-0.25, -0.2) is 0 Å². The fourth-order valence-corrected chi connectivity index (χ4v) is 2.91. The predicted octanol–water partition coefficient (Wildman–Crippen LogP) is 3.58. The highest BCUT2D eigenvalue weighted by atomic mass is 127. The molecule has 1 rings (SSSR count). The van der Waals surface area contributed by atoms with Crippen molar-refractivity contribution in [2.75, 3.05) is 6.54 Å². The van der Waals surface area contributed by atoms with Crippen LogP contribution in [0.25, 0.3) is 0 Å². The van der Waals surface area contributed by atoms with Crippen LogP contribution in [0.1, 0.15) is 37.6 Å². The molecule has 0 aliphatic heterocycles. The quantitative estimate of drug-likeness (QED) is 0.689. The number of hydrogen-bond donors (Lipinski definition) is 2. The molecule has 19 heavy (non-hydrogen) atoms. The van der Waals surface area contributed by atoms with Gasteiger partial charge in [0.05, 0.1) is 11.2 Å². The third-order valence-corrected chi connectivity index (χ3v) is 4.01. The lowest BCUT2D eigenvalue weighted by Gasteiger charge is -2.25. The second-order valence-electron chi connectivity index (χ2n) is 5.40. The molecule has 0 saturated heterocycles. The third kappa shape index (κ3) is 5.79. The van der Waals surface area contributed by atoms with E-state index >= 15 is 0 Å². The molecule has 0 aliphatic carbocycles. The number of hydrogen-bond acceptors (Lipinski definition) is 2. The molecule has 2 N–H and O–H groups in total. The standard InChI is InChI=1S/C14H19BrINO2/c1-9(2)7-14(3,19)8-17-13(18)11-6-10(16)4-5-12(11)15/h4-6,9,19H,7-8H2,1-3H3,(H,17,18). The number of carbonyl (C=O) groups excluding carboxylic acids is 1. The van der Waals surface area contributed by atoms with E-state index in [-0.39, 0.29) is 12.5 Å². The molecular formula is C14H19BrINO2. The van der Waals surface area contributed by atoms with Gasteiger partial charge in [0.2, 0.25) is 0 Å². The Morgan fingerprint density at radius 3 is 2.74 bits per heavy atom. The zero-order valence-corrected chi connectivity index (χ0v) is 15.1. The molecule has 1 atom stereocenters. The lowest BCUT2D eigenvalue weighted by Crippen LogP contribution is -2.41. The molecule has 0 radical (unpaired) electrons. The van der Waals surface area contributed by atoms with Crippen LogP contribution in [0.4, 0.5) is 0 Å². The fraction of sp³-hybridized carbons (Fsp3) is 0.500. The number of rotatable bonds is 5. The van der Waals surface area contributed by atoms with Crippen molar-refractivity contribution in [1.82, 2.24) is 5.32 Å². The van der Waals surface area contributed by atoms with E-state index in [0.717, 1.165) is 8.04 Å². The summed E-state index contributed by atoms with van der Waals surface area (Å²) in [6, 6.07) is 5.59. The number of carbonyl (C=O) groups is 1. The number of nitrogens with one attached hydrogen (secondary N) is 1. The van der Waals surface area contributed by atoms with Crippen molar-refractivity contribution >= 4 is 44.4 Å². The predicted molar refractivity (Wildman–Crippen MR) is 89.3 cm³/mol. The first-order valence-corrected chi connectivity index (χ1v) is 8.04. The van der Waals surface area contributed by atoms with Gasteiger partial charge in [-0.05, 0) is 76.0 Å². The Bertz CT molecular complexity index is 461. The Labute approximate surface area is 136 Å². The van der Waals surface area contributed by atoms with E-state index < -0.39 is 5.60 Å². The molecule has 5 heteroatoms. The van der Waals surface area contributed by atoms with E-state index in [1.165, 1.54) is 0 Å². The summed E-state index contributed by atoms with van der Waals surface area (Å²) in [5.41, 5.74) is -0.287. The van der Waals surface area contributed by atoms with Gasteiger partial charge < -0.3 is 10.4 Å². The van der Waals surface area contributed by atoms with Crippen molar-refractivity contribution in [3.05, 3.63) is 31.8 Å². The SMILES string of the molecule is CC(C)CC(C)(O)CNC(=O)c1cc(I)ccc1Br. The molecule has 3 nitrogen and oxygen atoms in total. The number of amides is 1. The average molecular weight is 440 g/mol. The Balaban J connectivity index is 2.68. The van der Waals surface area contributed by atoms with Crippen molar-refractivity contribution in [3.8, 4) is 0 Å². The topological polar surface area (TPSA) is 49.3 Å². The van der Waals surface area contributed by atoms with Crippen LogP contribution in [0.5, 0.6) is 0 Å². The maximum Gasteiger partial charge on any atom is 0.252 e. The minimum Gasteiger partial charge on any atom is -0.388 e. The zero-order valence-electron chi connectivity index (χ0n) is 11.3. The van der Waals surface area contributed by atoms with Gasteiger partial charge in [0.15, 0.2) is 0 Å².